The molecule has 1 aromatic carbocycles. The van der Waals surface area contributed by atoms with Gasteiger partial charge in [-0.15, -0.1) is 0 Å². The fourth-order valence-electron chi connectivity index (χ4n) is 3.19. The van der Waals surface area contributed by atoms with Gasteiger partial charge in [-0.2, -0.15) is 18.2 Å². The Morgan fingerprint density at radius 3 is 2.68 bits per heavy atom. The number of fused-ring (bicyclic) bond motifs is 1. The number of aromatic nitrogens is 4. The van der Waals surface area contributed by atoms with Crippen LogP contribution in [0.1, 0.15) is 49.8 Å². The fourth-order valence-corrected chi connectivity index (χ4v) is 3.19. The van der Waals surface area contributed by atoms with E-state index in [1.54, 1.807) is 6.08 Å². The molecule has 0 radical (unpaired) electrons. The smallest absolute Gasteiger partial charge is 0.329 e. The molecule has 0 aliphatic heterocycles. The Kier molecular flexibility index (Phi) is 7.62. The first kappa shape index (κ1) is 22.7. The Labute approximate surface area is 178 Å². The quantitative estimate of drug-likeness (QED) is 0.355. The maximum Gasteiger partial charge on any atom is 0.471 e. The summed E-state index contributed by atoms with van der Waals surface area (Å²) in [4.78, 5) is 8.16. The van der Waals surface area contributed by atoms with Crippen LogP contribution in [0.5, 0.6) is 0 Å². The van der Waals surface area contributed by atoms with Gasteiger partial charge in [0.1, 0.15) is 5.82 Å². The van der Waals surface area contributed by atoms with E-state index in [0.29, 0.717) is 0 Å². The number of likely N-dealkylation sites (N-methyl/N-ethyl adjacent to an activating group) is 1. The van der Waals surface area contributed by atoms with Crippen molar-refractivity contribution in [3.8, 4) is 0 Å². The van der Waals surface area contributed by atoms with Crippen LogP contribution in [0, 0.1) is 0 Å². The molecular formula is C22H26F3N5O. The molecule has 2 aromatic heterocycles. The van der Waals surface area contributed by atoms with E-state index in [4.69, 9.17) is 4.98 Å². The van der Waals surface area contributed by atoms with Gasteiger partial charge in [0, 0.05) is 19.5 Å². The van der Waals surface area contributed by atoms with Crippen molar-refractivity contribution in [1.29, 1.82) is 0 Å². The summed E-state index contributed by atoms with van der Waals surface area (Å²) in [6, 6.07) is 5.79. The lowest BCUT2D eigenvalue weighted by molar-refractivity contribution is -0.159. The minimum Gasteiger partial charge on any atom is -0.329 e. The SMILES string of the molecule is CC/C=C\CCc1nc2cc(/C=C/c3noc(C(F)(F)F)n3)ccc2n1CCNCC. The minimum absolute atomic E-state index is 0.132. The van der Waals surface area contributed by atoms with Crippen molar-refractivity contribution >= 4 is 23.2 Å². The van der Waals surface area contributed by atoms with Gasteiger partial charge in [0.25, 0.3) is 0 Å². The van der Waals surface area contributed by atoms with Crippen LogP contribution < -0.4 is 5.32 Å². The van der Waals surface area contributed by atoms with Crippen LogP contribution in [0.3, 0.4) is 0 Å². The second kappa shape index (κ2) is 10.4. The monoisotopic (exact) mass is 433 g/mol. The predicted molar refractivity (Wildman–Crippen MR) is 114 cm³/mol. The van der Waals surface area contributed by atoms with Gasteiger partial charge < -0.3 is 14.4 Å². The number of benzene rings is 1. The van der Waals surface area contributed by atoms with E-state index in [1.165, 1.54) is 6.08 Å². The number of hydrogen-bond donors (Lipinski definition) is 1. The maximum absolute atomic E-state index is 12.6. The molecule has 0 aliphatic carbocycles. The van der Waals surface area contributed by atoms with Gasteiger partial charge in [-0.1, -0.05) is 43.3 Å². The molecular weight excluding hydrogens is 407 g/mol. The zero-order valence-corrected chi connectivity index (χ0v) is 17.6. The zero-order chi connectivity index (χ0) is 22.3. The summed E-state index contributed by atoms with van der Waals surface area (Å²) in [6.07, 6.45) is 5.47. The van der Waals surface area contributed by atoms with Crippen LogP contribution >= 0.6 is 0 Å². The Balaban J connectivity index is 1.83. The average molecular weight is 433 g/mol. The van der Waals surface area contributed by atoms with Gasteiger partial charge in [0.05, 0.1) is 11.0 Å². The molecule has 0 unspecified atom stereocenters. The first-order valence-corrected chi connectivity index (χ1v) is 10.4. The first-order chi connectivity index (χ1) is 14.9. The summed E-state index contributed by atoms with van der Waals surface area (Å²) < 4.78 is 44.2. The number of nitrogens with one attached hydrogen (secondary N) is 1. The third-order valence-corrected chi connectivity index (χ3v) is 4.66. The van der Waals surface area contributed by atoms with Crippen molar-refractivity contribution < 1.29 is 17.7 Å². The fraction of sp³-hybridized carbons (Fsp3) is 0.409. The highest BCUT2D eigenvalue weighted by atomic mass is 19.4. The van der Waals surface area contributed by atoms with E-state index < -0.39 is 12.1 Å². The third-order valence-electron chi connectivity index (χ3n) is 4.66. The summed E-state index contributed by atoms with van der Waals surface area (Å²) in [5.41, 5.74) is 2.67. The van der Waals surface area contributed by atoms with Crippen LogP contribution in [0.15, 0.2) is 34.9 Å². The molecule has 1 N–H and O–H groups in total. The summed E-state index contributed by atoms with van der Waals surface area (Å²) in [5, 5.41) is 6.68. The van der Waals surface area contributed by atoms with E-state index >= 15 is 0 Å². The number of hydrogen-bond acceptors (Lipinski definition) is 5. The Morgan fingerprint density at radius 1 is 1.13 bits per heavy atom. The number of halogens is 3. The van der Waals surface area contributed by atoms with Crippen molar-refractivity contribution in [2.45, 2.75) is 45.8 Å². The number of alkyl halides is 3. The van der Waals surface area contributed by atoms with Gasteiger partial charge >= 0.3 is 12.1 Å². The standard InChI is InChI=1S/C22H26F3N5O/c1-3-5-6-7-8-20-27-17-15-16(9-11-18(17)30(20)14-13-26-4-2)10-12-19-28-21(31-29-19)22(23,24)25/h5-6,9-12,15,26H,3-4,7-8,13-14H2,1-2H3/b6-5-,12-10+. The largest absolute Gasteiger partial charge is 0.471 e. The third kappa shape index (κ3) is 6.04. The highest BCUT2D eigenvalue weighted by Gasteiger charge is 2.38. The molecule has 0 bridgehead atoms. The van der Waals surface area contributed by atoms with Crippen LogP contribution in [0.25, 0.3) is 23.2 Å². The number of rotatable bonds is 10. The number of imidazole rings is 1. The molecule has 9 heteroatoms. The molecule has 0 fully saturated rings. The van der Waals surface area contributed by atoms with Gasteiger partial charge in [-0.05, 0) is 43.2 Å². The second-order valence-corrected chi connectivity index (χ2v) is 6.99. The molecule has 0 amide bonds. The zero-order valence-electron chi connectivity index (χ0n) is 17.6. The van der Waals surface area contributed by atoms with Crippen molar-refractivity contribution in [3.63, 3.8) is 0 Å². The van der Waals surface area contributed by atoms with E-state index in [1.807, 2.05) is 18.2 Å². The molecule has 3 aromatic rings. The molecule has 3 rings (SSSR count). The molecule has 0 aliphatic rings. The van der Waals surface area contributed by atoms with Crippen molar-refractivity contribution in [2.75, 3.05) is 13.1 Å². The lowest BCUT2D eigenvalue weighted by atomic mass is 10.2. The van der Waals surface area contributed by atoms with E-state index in [9.17, 15) is 13.2 Å². The maximum atomic E-state index is 12.6. The van der Waals surface area contributed by atoms with Gasteiger partial charge in [0.15, 0.2) is 5.82 Å². The van der Waals surface area contributed by atoms with Crippen LogP contribution in [0.4, 0.5) is 13.2 Å². The molecule has 2 heterocycles. The van der Waals surface area contributed by atoms with E-state index in [2.05, 4.69) is 50.5 Å². The minimum atomic E-state index is -4.65. The van der Waals surface area contributed by atoms with E-state index in [0.717, 1.165) is 61.3 Å². The lowest BCUT2D eigenvalue weighted by Gasteiger charge is -2.09. The Hall–Kier alpha value is -2.94. The average Bonchev–Trinajstić information content (AvgIpc) is 3.35. The topological polar surface area (TPSA) is 68.8 Å². The highest BCUT2D eigenvalue weighted by molar-refractivity contribution is 5.81. The molecule has 0 atom stereocenters. The summed E-state index contributed by atoms with van der Waals surface area (Å²) >= 11 is 0. The highest BCUT2D eigenvalue weighted by Crippen LogP contribution is 2.27. The van der Waals surface area contributed by atoms with Crippen LogP contribution in [-0.2, 0) is 19.1 Å². The summed E-state index contributed by atoms with van der Waals surface area (Å²) in [5.74, 6) is -0.474. The Morgan fingerprint density at radius 2 is 1.97 bits per heavy atom. The molecule has 0 spiro atoms. The summed E-state index contributed by atoms with van der Waals surface area (Å²) in [7, 11) is 0. The van der Waals surface area contributed by atoms with Crippen LogP contribution in [0.2, 0.25) is 0 Å². The molecule has 166 valence electrons. The molecule has 0 saturated carbocycles. The van der Waals surface area contributed by atoms with Crippen molar-refractivity contribution in [1.82, 2.24) is 25.0 Å². The normalized spacial score (nSPS) is 12.7. The number of allylic oxidation sites excluding steroid dienone is 2. The van der Waals surface area contributed by atoms with E-state index in [-0.39, 0.29) is 5.82 Å². The molecule has 31 heavy (non-hydrogen) atoms. The summed E-state index contributed by atoms with van der Waals surface area (Å²) in [6.45, 7) is 6.75. The van der Waals surface area contributed by atoms with Crippen LogP contribution in [-0.4, -0.2) is 32.8 Å². The second-order valence-electron chi connectivity index (χ2n) is 6.99. The van der Waals surface area contributed by atoms with Gasteiger partial charge in [-0.25, -0.2) is 4.98 Å². The molecule has 6 nitrogen and oxygen atoms in total. The van der Waals surface area contributed by atoms with Gasteiger partial charge in [-0.3, -0.25) is 0 Å². The van der Waals surface area contributed by atoms with Gasteiger partial charge in [0.2, 0.25) is 0 Å². The van der Waals surface area contributed by atoms with Crippen molar-refractivity contribution in [3.05, 3.63) is 53.5 Å². The Bertz CT molecular complexity index is 1050. The van der Waals surface area contributed by atoms with Crippen molar-refractivity contribution in [2.24, 2.45) is 0 Å². The molecule has 0 saturated heterocycles. The predicted octanol–water partition coefficient (Wildman–Crippen LogP) is 5.12. The first-order valence-electron chi connectivity index (χ1n) is 10.4. The number of aryl methyl sites for hydroxylation is 1. The lowest BCUT2D eigenvalue weighted by Crippen LogP contribution is -2.20. The number of nitrogens with zero attached hydrogens (tertiary/aromatic N) is 4.